The van der Waals surface area contributed by atoms with Gasteiger partial charge in [-0.1, -0.05) is 17.7 Å². The van der Waals surface area contributed by atoms with E-state index in [9.17, 15) is 4.79 Å². The minimum Gasteiger partial charge on any atom is -0.375 e. The third-order valence-corrected chi connectivity index (χ3v) is 3.82. The lowest BCUT2D eigenvalue weighted by atomic mass is 10.0. The summed E-state index contributed by atoms with van der Waals surface area (Å²) < 4.78 is 0. The molecule has 22 heavy (non-hydrogen) atoms. The van der Waals surface area contributed by atoms with Gasteiger partial charge in [0.15, 0.2) is 5.66 Å². The largest absolute Gasteiger partial charge is 0.375 e. The van der Waals surface area contributed by atoms with Crippen LogP contribution in [0.5, 0.6) is 0 Å². The Labute approximate surface area is 135 Å². The van der Waals surface area contributed by atoms with Gasteiger partial charge in [0.1, 0.15) is 0 Å². The van der Waals surface area contributed by atoms with Crippen molar-refractivity contribution >= 4 is 28.9 Å². The highest BCUT2D eigenvalue weighted by molar-refractivity contribution is 6.34. The highest BCUT2D eigenvalue weighted by Crippen LogP contribution is 2.38. The Morgan fingerprint density at radius 2 is 2.14 bits per heavy atom. The Kier molecular flexibility index (Phi) is 5.04. The lowest BCUT2D eigenvalue weighted by Gasteiger charge is -2.19. The van der Waals surface area contributed by atoms with Gasteiger partial charge in [-0.3, -0.25) is 4.79 Å². The normalized spacial score (nSPS) is 14.3. The average molecular weight is 319 g/mol. The Balaban J connectivity index is 1.93. The summed E-state index contributed by atoms with van der Waals surface area (Å²) >= 11 is 6.18. The molecule has 2 rings (SSSR count). The lowest BCUT2D eigenvalue weighted by Crippen LogP contribution is -2.19. The minimum atomic E-state index is -0.428. The Hall–Kier alpha value is -2.06. The topological polar surface area (TPSA) is 57.1 Å². The Morgan fingerprint density at radius 3 is 2.73 bits per heavy atom. The van der Waals surface area contributed by atoms with E-state index in [1.807, 2.05) is 31.1 Å². The molecule has 0 bridgehead atoms. The van der Waals surface area contributed by atoms with Crippen molar-refractivity contribution in [3.8, 4) is 12.3 Å². The second-order valence-electron chi connectivity index (χ2n) is 5.47. The SMILES string of the molecule is C#CCCC1(CCC(=O)Nc2cccc(Cl)c2N(C)C)N=N1. The summed E-state index contributed by atoms with van der Waals surface area (Å²) in [5.74, 6) is 2.50. The summed E-state index contributed by atoms with van der Waals surface area (Å²) in [5, 5.41) is 11.6. The van der Waals surface area contributed by atoms with Crippen LogP contribution in [0, 0.1) is 12.3 Å². The molecule has 1 N–H and O–H groups in total. The van der Waals surface area contributed by atoms with Crippen LogP contribution in [-0.2, 0) is 4.79 Å². The fourth-order valence-electron chi connectivity index (χ4n) is 2.27. The van der Waals surface area contributed by atoms with Gasteiger partial charge in [0, 0.05) is 39.8 Å². The summed E-state index contributed by atoms with van der Waals surface area (Å²) in [6, 6.07) is 5.44. The van der Waals surface area contributed by atoms with Crippen molar-refractivity contribution in [3.63, 3.8) is 0 Å². The Morgan fingerprint density at radius 1 is 1.41 bits per heavy atom. The number of halogens is 1. The molecule has 0 saturated carbocycles. The molecule has 1 amide bonds. The van der Waals surface area contributed by atoms with E-state index in [1.54, 1.807) is 6.07 Å². The number of rotatable bonds is 7. The first-order chi connectivity index (χ1) is 10.5. The Bertz CT molecular complexity index is 628. The van der Waals surface area contributed by atoms with Gasteiger partial charge in [-0.05, 0) is 12.1 Å². The van der Waals surface area contributed by atoms with Crippen molar-refractivity contribution in [2.24, 2.45) is 10.2 Å². The van der Waals surface area contributed by atoms with E-state index in [-0.39, 0.29) is 5.91 Å². The summed E-state index contributed by atoms with van der Waals surface area (Å²) in [6.07, 6.45) is 7.50. The van der Waals surface area contributed by atoms with Crippen LogP contribution in [0.25, 0.3) is 0 Å². The maximum atomic E-state index is 12.2. The molecule has 0 saturated heterocycles. The van der Waals surface area contributed by atoms with E-state index in [4.69, 9.17) is 18.0 Å². The molecule has 1 aliphatic heterocycles. The van der Waals surface area contributed by atoms with Crippen LogP contribution in [0.3, 0.4) is 0 Å². The molecule has 1 aromatic carbocycles. The van der Waals surface area contributed by atoms with Gasteiger partial charge in [-0.15, -0.1) is 12.3 Å². The first kappa shape index (κ1) is 16.3. The number of benzene rings is 1. The van der Waals surface area contributed by atoms with Crippen molar-refractivity contribution in [1.82, 2.24) is 0 Å². The first-order valence-electron chi connectivity index (χ1n) is 7.11. The van der Waals surface area contributed by atoms with Gasteiger partial charge in [0.2, 0.25) is 5.91 Å². The number of amides is 1. The maximum Gasteiger partial charge on any atom is 0.224 e. The van der Waals surface area contributed by atoms with E-state index >= 15 is 0 Å². The summed E-state index contributed by atoms with van der Waals surface area (Å²) in [7, 11) is 3.77. The van der Waals surface area contributed by atoms with E-state index in [0.29, 0.717) is 36.4 Å². The number of carbonyl (C=O) groups is 1. The van der Waals surface area contributed by atoms with E-state index in [2.05, 4.69) is 21.5 Å². The molecule has 0 unspecified atom stereocenters. The number of anilines is 2. The predicted molar refractivity (Wildman–Crippen MR) is 89.3 cm³/mol. The quantitative estimate of drug-likeness (QED) is 0.779. The number of hydrogen-bond donors (Lipinski definition) is 1. The molecular formula is C16H19ClN4O. The molecule has 1 aliphatic rings. The number of nitrogens with zero attached hydrogens (tertiary/aromatic N) is 3. The number of para-hydroxylation sites is 1. The molecular weight excluding hydrogens is 300 g/mol. The predicted octanol–water partition coefficient (Wildman–Crippen LogP) is 3.70. The fraction of sp³-hybridized carbons (Fsp3) is 0.438. The molecule has 6 heteroatoms. The molecule has 0 radical (unpaired) electrons. The molecule has 5 nitrogen and oxygen atoms in total. The monoisotopic (exact) mass is 318 g/mol. The molecule has 1 heterocycles. The second-order valence-corrected chi connectivity index (χ2v) is 5.87. The highest BCUT2D eigenvalue weighted by atomic mass is 35.5. The van der Waals surface area contributed by atoms with Crippen molar-refractivity contribution < 1.29 is 4.79 Å². The van der Waals surface area contributed by atoms with Crippen LogP contribution in [0.15, 0.2) is 28.4 Å². The van der Waals surface area contributed by atoms with E-state index < -0.39 is 5.66 Å². The molecule has 1 aromatic rings. The highest BCUT2D eigenvalue weighted by Gasteiger charge is 2.39. The third kappa shape index (κ3) is 3.99. The van der Waals surface area contributed by atoms with Crippen LogP contribution < -0.4 is 10.2 Å². The zero-order valence-corrected chi connectivity index (χ0v) is 13.5. The summed E-state index contributed by atoms with van der Waals surface area (Å²) in [5.41, 5.74) is 1.06. The third-order valence-electron chi connectivity index (χ3n) is 3.51. The average Bonchev–Trinajstić information content (AvgIpc) is 3.23. The van der Waals surface area contributed by atoms with Gasteiger partial charge in [0.25, 0.3) is 0 Å². The standard InChI is InChI=1S/C16H19ClN4O/c1-4-5-10-16(19-20-16)11-9-14(22)18-13-8-6-7-12(17)15(13)21(2)3/h1,6-8H,5,9-11H2,2-3H3,(H,18,22). The number of terminal acetylenes is 1. The number of carbonyl (C=O) groups excluding carboxylic acids is 1. The lowest BCUT2D eigenvalue weighted by molar-refractivity contribution is -0.116. The van der Waals surface area contributed by atoms with Gasteiger partial charge in [-0.25, -0.2) is 0 Å². The van der Waals surface area contributed by atoms with E-state index in [0.717, 1.165) is 5.69 Å². The molecule has 0 atom stereocenters. The molecule has 0 fully saturated rings. The summed E-state index contributed by atoms with van der Waals surface area (Å²) in [6.45, 7) is 0. The van der Waals surface area contributed by atoms with Crippen molar-refractivity contribution in [3.05, 3.63) is 23.2 Å². The maximum absolute atomic E-state index is 12.2. The van der Waals surface area contributed by atoms with Crippen molar-refractivity contribution in [1.29, 1.82) is 0 Å². The van der Waals surface area contributed by atoms with Crippen LogP contribution in [-0.4, -0.2) is 25.7 Å². The van der Waals surface area contributed by atoms with Gasteiger partial charge in [0.05, 0.1) is 16.4 Å². The molecule has 116 valence electrons. The van der Waals surface area contributed by atoms with Crippen molar-refractivity contribution in [2.75, 3.05) is 24.3 Å². The molecule has 0 spiro atoms. The second kappa shape index (κ2) is 6.80. The van der Waals surface area contributed by atoms with Gasteiger partial charge < -0.3 is 10.2 Å². The van der Waals surface area contributed by atoms with Crippen LogP contribution >= 0.6 is 11.6 Å². The first-order valence-corrected chi connectivity index (χ1v) is 7.48. The smallest absolute Gasteiger partial charge is 0.224 e. The van der Waals surface area contributed by atoms with Gasteiger partial charge in [-0.2, -0.15) is 10.2 Å². The van der Waals surface area contributed by atoms with Gasteiger partial charge >= 0.3 is 0 Å². The summed E-state index contributed by atoms with van der Waals surface area (Å²) in [4.78, 5) is 14.0. The minimum absolute atomic E-state index is 0.0808. The van der Waals surface area contributed by atoms with E-state index in [1.165, 1.54) is 0 Å². The molecule has 0 aromatic heterocycles. The van der Waals surface area contributed by atoms with Crippen LogP contribution in [0.4, 0.5) is 11.4 Å². The molecule has 0 aliphatic carbocycles. The number of hydrogen-bond acceptors (Lipinski definition) is 4. The zero-order chi connectivity index (χ0) is 16.2. The zero-order valence-electron chi connectivity index (χ0n) is 12.8. The van der Waals surface area contributed by atoms with Crippen LogP contribution in [0.2, 0.25) is 5.02 Å². The number of nitrogens with one attached hydrogen (secondary N) is 1. The van der Waals surface area contributed by atoms with Crippen molar-refractivity contribution in [2.45, 2.75) is 31.3 Å². The fourth-order valence-corrected chi connectivity index (χ4v) is 2.61. The van der Waals surface area contributed by atoms with Crippen LogP contribution in [0.1, 0.15) is 25.7 Å².